The van der Waals surface area contributed by atoms with Gasteiger partial charge in [0, 0.05) is 38.6 Å². The summed E-state index contributed by atoms with van der Waals surface area (Å²) in [6.07, 6.45) is 0. The molecule has 0 radical (unpaired) electrons. The Balaban J connectivity index is 2.15. The Hall–Kier alpha value is -0.630. The maximum absolute atomic E-state index is 12.5. The minimum absolute atomic E-state index is 0.207. The molecule has 0 atom stereocenters. The Bertz CT molecular complexity index is 516. The van der Waals surface area contributed by atoms with E-state index in [2.05, 4.69) is 10.1 Å². The van der Waals surface area contributed by atoms with Crippen molar-refractivity contribution in [2.75, 3.05) is 38.6 Å². The number of halogens is 1. The molecule has 0 unspecified atom stereocenters. The summed E-state index contributed by atoms with van der Waals surface area (Å²) in [4.78, 5) is 2.37. The van der Waals surface area contributed by atoms with Crippen LogP contribution >= 0.6 is 11.6 Å². The molecule has 2 heterocycles. The molecule has 19 heavy (non-hydrogen) atoms. The Kier molecular flexibility index (Phi) is 4.50. The minimum Gasteiger partial charge on any atom is -0.360 e. The van der Waals surface area contributed by atoms with E-state index in [0.717, 1.165) is 6.54 Å². The number of aryl methyl sites for hydroxylation is 2. The van der Waals surface area contributed by atoms with Gasteiger partial charge < -0.3 is 4.52 Å². The zero-order chi connectivity index (χ0) is 14.0. The van der Waals surface area contributed by atoms with Gasteiger partial charge in [-0.15, -0.1) is 11.6 Å². The molecule has 0 N–H and O–H groups in total. The van der Waals surface area contributed by atoms with Crippen LogP contribution in [-0.2, 0) is 10.0 Å². The second-order valence-electron chi connectivity index (χ2n) is 4.59. The second kappa shape index (κ2) is 5.78. The van der Waals surface area contributed by atoms with Crippen LogP contribution in [0.15, 0.2) is 9.42 Å². The van der Waals surface area contributed by atoms with E-state index in [1.165, 1.54) is 4.31 Å². The molecule has 0 saturated carbocycles. The predicted octanol–water partition coefficient (Wildman–Crippen LogP) is 0.837. The number of aromatic nitrogens is 1. The number of hydrogen-bond donors (Lipinski definition) is 0. The highest BCUT2D eigenvalue weighted by Gasteiger charge is 2.32. The first kappa shape index (κ1) is 14.8. The van der Waals surface area contributed by atoms with Crippen molar-refractivity contribution in [1.82, 2.24) is 14.4 Å². The van der Waals surface area contributed by atoms with Gasteiger partial charge in [0.05, 0.1) is 0 Å². The van der Waals surface area contributed by atoms with Gasteiger partial charge in [0.1, 0.15) is 10.6 Å². The SMILES string of the molecule is Cc1noc(C)c1S(=O)(=O)N1CCN(CCCl)CC1. The van der Waals surface area contributed by atoms with E-state index in [0.29, 0.717) is 43.5 Å². The zero-order valence-corrected chi connectivity index (χ0v) is 12.7. The van der Waals surface area contributed by atoms with Gasteiger partial charge in [-0.25, -0.2) is 8.42 Å². The Morgan fingerprint density at radius 1 is 1.26 bits per heavy atom. The molecule has 0 aromatic carbocycles. The monoisotopic (exact) mass is 307 g/mol. The van der Waals surface area contributed by atoms with Crippen molar-refractivity contribution in [3.05, 3.63) is 11.5 Å². The fourth-order valence-corrected chi connectivity index (χ4v) is 4.24. The van der Waals surface area contributed by atoms with Gasteiger partial charge in [0.15, 0.2) is 5.76 Å². The van der Waals surface area contributed by atoms with Crippen molar-refractivity contribution in [1.29, 1.82) is 0 Å². The van der Waals surface area contributed by atoms with E-state index in [1.807, 2.05) is 0 Å². The number of sulfonamides is 1. The number of hydrogen-bond acceptors (Lipinski definition) is 5. The summed E-state index contributed by atoms with van der Waals surface area (Å²) in [5, 5.41) is 3.71. The molecular formula is C11H18ClN3O3S. The average Bonchev–Trinajstić information content (AvgIpc) is 2.70. The molecule has 0 bridgehead atoms. The molecule has 6 nitrogen and oxygen atoms in total. The maximum atomic E-state index is 12.5. The van der Waals surface area contributed by atoms with Gasteiger partial charge in [-0.1, -0.05) is 5.16 Å². The molecule has 8 heteroatoms. The fraction of sp³-hybridized carbons (Fsp3) is 0.727. The molecule has 1 saturated heterocycles. The van der Waals surface area contributed by atoms with Crippen molar-refractivity contribution < 1.29 is 12.9 Å². The molecule has 1 aliphatic heterocycles. The first-order chi connectivity index (χ1) is 8.96. The van der Waals surface area contributed by atoms with E-state index >= 15 is 0 Å². The smallest absolute Gasteiger partial charge is 0.248 e. The summed E-state index contributed by atoms with van der Waals surface area (Å²) in [5.41, 5.74) is 0.417. The zero-order valence-electron chi connectivity index (χ0n) is 11.1. The number of alkyl halides is 1. The van der Waals surface area contributed by atoms with Gasteiger partial charge in [-0.05, 0) is 13.8 Å². The quantitative estimate of drug-likeness (QED) is 0.771. The van der Waals surface area contributed by atoms with Gasteiger partial charge in [0.25, 0.3) is 0 Å². The van der Waals surface area contributed by atoms with Gasteiger partial charge in [-0.2, -0.15) is 4.31 Å². The lowest BCUT2D eigenvalue weighted by Gasteiger charge is -2.33. The normalized spacial score (nSPS) is 18.9. The van der Waals surface area contributed by atoms with E-state index in [4.69, 9.17) is 16.1 Å². The number of nitrogens with zero attached hydrogens (tertiary/aromatic N) is 3. The third-order valence-corrected chi connectivity index (χ3v) is 5.61. The van der Waals surface area contributed by atoms with Gasteiger partial charge >= 0.3 is 0 Å². The highest BCUT2D eigenvalue weighted by Crippen LogP contribution is 2.24. The van der Waals surface area contributed by atoms with Crippen LogP contribution in [0.2, 0.25) is 0 Å². The molecule has 0 spiro atoms. The lowest BCUT2D eigenvalue weighted by Crippen LogP contribution is -2.49. The Labute approximate surface area is 118 Å². The van der Waals surface area contributed by atoms with Crippen LogP contribution in [0.25, 0.3) is 0 Å². The largest absolute Gasteiger partial charge is 0.360 e. The highest BCUT2D eigenvalue weighted by atomic mass is 35.5. The van der Waals surface area contributed by atoms with Crippen molar-refractivity contribution in [2.24, 2.45) is 0 Å². The molecule has 1 aromatic heterocycles. The van der Waals surface area contributed by atoms with E-state index in [9.17, 15) is 8.42 Å². The lowest BCUT2D eigenvalue weighted by atomic mass is 10.4. The van der Waals surface area contributed by atoms with Crippen LogP contribution in [-0.4, -0.2) is 61.4 Å². The first-order valence-corrected chi connectivity index (χ1v) is 8.15. The van der Waals surface area contributed by atoms with Crippen LogP contribution in [0.5, 0.6) is 0 Å². The predicted molar refractivity (Wildman–Crippen MR) is 71.9 cm³/mol. The number of rotatable bonds is 4. The second-order valence-corrected chi connectivity index (χ2v) is 6.84. The molecule has 2 rings (SSSR count). The summed E-state index contributed by atoms with van der Waals surface area (Å²) >= 11 is 5.69. The first-order valence-electron chi connectivity index (χ1n) is 6.18. The topological polar surface area (TPSA) is 66.7 Å². The van der Waals surface area contributed by atoms with Crippen molar-refractivity contribution in [2.45, 2.75) is 18.7 Å². The summed E-state index contributed by atoms with van der Waals surface area (Å²) in [7, 11) is -3.50. The summed E-state index contributed by atoms with van der Waals surface area (Å²) in [5.74, 6) is 0.914. The van der Waals surface area contributed by atoms with Gasteiger partial charge in [0.2, 0.25) is 10.0 Å². The van der Waals surface area contributed by atoms with E-state index < -0.39 is 10.0 Å². The molecule has 0 amide bonds. The van der Waals surface area contributed by atoms with Crippen molar-refractivity contribution in [3.63, 3.8) is 0 Å². The molecule has 1 aromatic rings. The van der Waals surface area contributed by atoms with Crippen LogP contribution in [0.3, 0.4) is 0 Å². The standard InChI is InChI=1S/C11H18ClN3O3S/c1-9-11(10(2)18-13-9)19(16,17)15-7-5-14(4-3-12)6-8-15/h3-8H2,1-2H3. The summed E-state index contributed by atoms with van der Waals surface area (Å²) in [6.45, 7) is 6.42. The van der Waals surface area contributed by atoms with Crippen LogP contribution in [0.1, 0.15) is 11.5 Å². The summed E-state index contributed by atoms with van der Waals surface area (Å²) in [6, 6.07) is 0. The summed E-state index contributed by atoms with van der Waals surface area (Å²) < 4.78 is 31.5. The Morgan fingerprint density at radius 2 is 1.89 bits per heavy atom. The molecule has 1 aliphatic rings. The van der Waals surface area contributed by atoms with Crippen molar-refractivity contribution in [3.8, 4) is 0 Å². The highest BCUT2D eigenvalue weighted by molar-refractivity contribution is 7.89. The molecular weight excluding hydrogens is 290 g/mol. The average molecular weight is 308 g/mol. The van der Waals surface area contributed by atoms with Crippen LogP contribution in [0.4, 0.5) is 0 Å². The third-order valence-electron chi connectivity index (χ3n) is 3.30. The fourth-order valence-electron chi connectivity index (χ4n) is 2.28. The third kappa shape index (κ3) is 2.94. The molecule has 108 valence electrons. The minimum atomic E-state index is -3.50. The maximum Gasteiger partial charge on any atom is 0.248 e. The molecule has 1 fully saturated rings. The number of piperazine rings is 1. The van der Waals surface area contributed by atoms with E-state index in [1.54, 1.807) is 13.8 Å². The lowest BCUT2D eigenvalue weighted by molar-refractivity contribution is 0.197. The Morgan fingerprint density at radius 3 is 2.37 bits per heavy atom. The van der Waals surface area contributed by atoms with E-state index in [-0.39, 0.29) is 4.90 Å². The molecule has 0 aliphatic carbocycles. The van der Waals surface area contributed by atoms with Crippen molar-refractivity contribution >= 4 is 21.6 Å². The van der Waals surface area contributed by atoms with Crippen LogP contribution in [0, 0.1) is 13.8 Å². The van der Waals surface area contributed by atoms with Gasteiger partial charge in [-0.3, -0.25) is 4.90 Å². The van der Waals surface area contributed by atoms with Crippen LogP contribution < -0.4 is 0 Å².